The van der Waals surface area contributed by atoms with E-state index in [-0.39, 0.29) is 17.3 Å². The summed E-state index contributed by atoms with van der Waals surface area (Å²) in [4.78, 5) is 45.7. The summed E-state index contributed by atoms with van der Waals surface area (Å²) >= 11 is 2.80. The van der Waals surface area contributed by atoms with E-state index in [0.29, 0.717) is 71.1 Å². The molecular formula is C35H27N7O4S2. The number of benzene rings is 3. The number of fused-ring (bicyclic) bond motifs is 2. The summed E-state index contributed by atoms with van der Waals surface area (Å²) in [5.41, 5.74) is 4.97. The molecule has 238 valence electrons. The number of aromatic carboxylic acids is 1. The Bertz CT molecular complexity index is 2160. The predicted molar refractivity (Wildman–Crippen MR) is 184 cm³/mol. The SMILES string of the molecule is N#Cc1nccnc1-c1ccc(OCCCc2sc(N3CCc4cccc(C(=O)Nc5nc6ccccc6s5)c4C3)nc2C(=O)O)cc1. The van der Waals surface area contributed by atoms with Crippen LogP contribution in [0, 0.1) is 11.3 Å². The number of nitrogens with zero attached hydrogens (tertiary/aromatic N) is 6. The van der Waals surface area contributed by atoms with Crippen LogP contribution in [0.2, 0.25) is 0 Å². The number of anilines is 2. The van der Waals surface area contributed by atoms with Crippen LogP contribution in [-0.4, -0.2) is 50.1 Å². The first-order chi connectivity index (χ1) is 23.5. The van der Waals surface area contributed by atoms with Crippen LogP contribution >= 0.6 is 22.7 Å². The van der Waals surface area contributed by atoms with Gasteiger partial charge in [0.1, 0.15) is 17.5 Å². The predicted octanol–water partition coefficient (Wildman–Crippen LogP) is 6.61. The molecule has 0 spiro atoms. The Balaban J connectivity index is 1.00. The number of carboxylic acids is 1. The molecule has 13 heteroatoms. The zero-order chi connectivity index (χ0) is 33.0. The topological polar surface area (TPSA) is 154 Å². The Morgan fingerprint density at radius 2 is 1.83 bits per heavy atom. The number of carboxylic acid groups (broad SMARTS) is 1. The van der Waals surface area contributed by atoms with E-state index < -0.39 is 5.97 Å². The van der Waals surface area contributed by atoms with E-state index in [1.54, 1.807) is 18.3 Å². The minimum atomic E-state index is -1.07. The van der Waals surface area contributed by atoms with Gasteiger partial charge in [-0.1, -0.05) is 35.6 Å². The molecule has 7 rings (SSSR count). The summed E-state index contributed by atoms with van der Waals surface area (Å²) in [5.74, 6) is -0.647. The summed E-state index contributed by atoms with van der Waals surface area (Å²) in [7, 11) is 0. The van der Waals surface area contributed by atoms with Crippen molar-refractivity contribution in [3.8, 4) is 23.1 Å². The lowest BCUT2D eigenvalue weighted by molar-refractivity contribution is 0.0690. The highest BCUT2D eigenvalue weighted by Gasteiger charge is 2.26. The number of aryl methyl sites for hydroxylation is 1. The van der Waals surface area contributed by atoms with Crippen molar-refractivity contribution in [2.24, 2.45) is 0 Å². The van der Waals surface area contributed by atoms with Crippen molar-refractivity contribution in [2.75, 3.05) is 23.4 Å². The second-order valence-corrected chi connectivity index (χ2v) is 13.1. The molecule has 0 atom stereocenters. The molecule has 0 radical (unpaired) electrons. The summed E-state index contributed by atoms with van der Waals surface area (Å²) in [5, 5.41) is 23.4. The molecule has 0 aliphatic carbocycles. The summed E-state index contributed by atoms with van der Waals surface area (Å²) < 4.78 is 6.92. The maximum atomic E-state index is 13.4. The highest BCUT2D eigenvalue weighted by atomic mass is 32.1. The van der Waals surface area contributed by atoms with Crippen molar-refractivity contribution in [2.45, 2.75) is 25.8 Å². The number of carbonyl (C=O) groups excluding carboxylic acids is 1. The highest BCUT2D eigenvalue weighted by molar-refractivity contribution is 7.22. The number of hydrogen-bond donors (Lipinski definition) is 2. The van der Waals surface area contributed by atoms with Crippen molar-refractivity contribution < 1.29 is 19.4 Å². The van der Waals surface area contributed by atoms with E-state index >= 15 is 0 Å². The number of nitrogens with one attached hydrogen (secondary N) is 1. The number of carbonyl (C=O) groups is 2. The van der Waals surface area contributed by atoms with Gasteiger partial charge >= 0.3 is 5.97 Å². The molecule has 0 saturated carbocycles. The van der Waals surface area contributed by atoms with Gasteiger partial charge in [0.2, 0.25) is 0 Å². The number of hydrogen-bond acceptors (Lipinski definition) is 11. The van der Waals surface area contributed by atoms with E-state index in [1.165, 1.54) is 28.9 Å². The molecule has 48 heavy (non-hydrogen) atoms. The van der Waals surface area contributed by atoms with Gasteiger partial charge in [-0.15, -0.1) is 11.3 Å². The zero-order valence-electron chi connectivity index (χ0n) is 25.4. The molecule has 11 nitrogen and oxygen atoms in total. The van der Waals surface area contributed by atoms with Gasteiger partial charge in [0.25, 0.3) is 5.91 Å². The summed E-state index contributed by atoms with van der Waals surface area (Å²) in [6.45, 7) is 1.48. The van der Waals surface area contributed by atoms with Crippen LogP contribution < -0.4 is 15.0 Å². The van der Waals surface area contributed by atoms with Crippen molar-refractivity contribution >= 4 is 55.0 Å². The van der Waals surface area contributed by atoms with Gasteiger partial charge in [-0.2, -0.15) is 5.26 Å². The standard InChI is InChI=1S/C35H27N7O4S2/c36-19-27-30(38-16-15-37-27)22-10-12-23(13-11-22)46-18-4-9-29-31(33(44)45)40-35(48-29)42-17-14-21-5-3-6-24(25(21)20-42)32(43)41-34-39-26-7-1-2-8-28(26)47-34/h1-3,5-8,10-13,15-16H,4,9,14,17-18,20H2,(H,44,45)(H,39,41,43). The highest BCUT2D eigenvalue weighted by Crippen LogP contribution is 2.33. The molecule has 1 amide bonds. The third-order valence-corrected chi connectivity index (χ3v) is 10.1. The van der Waals surface area contributed by atoms with Crippen LogP contribution in [-0.2, 0) is 19.4 Å². The summed E-state index contributed by atoms with van der Waals surface area (Å²) in [6.07, 6.45) is 4.81. The van der Waals surface area contributed by atoms with E-state index in [4.69, 9.17) is 4.74 Å². The first-order valence-electron chi connectivity index (χ1n) is 15.2. The van der Waals surface area contributed by atoms with Gasteiger partial charge in [-0.05, 0) is 72.9 Å². The van der Waals surface area contributed by atoms with Crippen LogP contribution in [0.4, 0.5) is 10.3 Å². The maximum absolute atomic E-state index is 13.4. The number of aromatic nitrogens is 4. The number of ether oxygens (including phenoxy) is 1. The smallest absolute Gasteiger partial charge is 0.355 e. The normalized spacial score (nSPS) is 12.4. The third-order valence-electron chi connectivity index (χ3n) is 7.94. The molecule has 1 aliphatic rings. The van der Waals surface area contributed by atoms with Crippen molar-refractivity contribution in [3.63, 3.8) is 0 Å². The Labute approximate surface area is 283 Å². The number of nitriles is 1. The molecule has 0 unspecified atom stereocenters. The number of thiazole rings is 2. The largest absolute Gasteiger partial charge is 0.494 e. The Morgan fingerprint density at radius 3 is 2.65 bits per heavy atom. The van der Waals surface area contributed by atoms with Crippen LogP contribution in [0.15, 0.2) is 79.1 Å². The third kappa shape index (κ3) is 6.44. The van der Waals surface area contributed by atoms with Gasteiger partial charge < -0.3 is 14.7 Å². The molecule has 0 fully saturated rings. The number of rotatable bonds is 10. The second kappa shape index (κ2) is 13.6. The fourth-order valence-corrected chi connectivity index (χ4v) is 7.60. The molecule has 0 saturated heterocycles. The maximum Gasteiger partial charge on any atom is 0.355 e. The average molecular weight is 674 g/mol. The Hall–Kier alpha value is -5.71. The van der Waals surface area contributed by atoms with E-state index in [0.717, 1.165) is 26.9 Å². The van der Waals surface area contributed by atoms with Gasteiger partial charge in [0, 0.05) is 41.5 Å². The second-order valence-electron chi connectivity index (χ2n) is 11.0. The van der Waals surface area contributed by atoms with Crippen LogP contribution in [0.25, 0.3) is 21.5 Å². The van der Waals surface area contributed by atoms with Crippen molar-refractivity contribution in [3.05, 3.63) is 112 Å². The first-order valence-corrected chi connectivity index (χ1v) is 16.8. The Kier molecular flexibility index (Phi) is 8.74. The zero-order valence-corrected chi connectivity index (χ0v) is 27.1. The van der Waals surface area contributed by atoms with Gasteiger partial charge in [0.05, 0.1) is 16.8 Å². The van der Waals surface area contributed by atoms with Gasteiger partial charge in [-0.25, -0.2) is 19.7 Å². The quantitative estimate of drug-likeness (QED) is 0.152. The molecule has 6 aromatic rings. The lowest BCUT2D eigenvalue weighted by Crippen LogP contribution is -2.32. The Morgan fingerprint density at radius 1 is 1.00 bits per heavy atom. The monoisotopic (exact) mass is 673 g/mol. The van der Waals surface area contributed by atoms with E-state index in [9.17, 15) is 20.0 Å². The lowest BCUT2D eigenvalue weighted by Gasteiger charge is -2.29. The molecule has 1 aliphatic heterocycles. The fraction of sp³-hybridized carbons (Fsp3) is 0.171. The van der Waals surface area contributed by atoms with Crippen LogP contribution in [0.1, 0.15) is 49.0 Å². The lowest BCUT2D eigenvalue weighted by atomic mass is 9.94. The summed E-state index contributed by atoms with van der Waals surface area (Å²) in [6, 6.07) is 22.8. The molecule has 2 N–H and O–H groups in total. The van der Waals surface area contributed by atoms with E-state index in [1.807, 2.05) is 59.5 Å². The van der Waals surface area contributed by atoms with Gasteiger partial charge in [-0.3, -0.25) is 15.1 Å². The van der Waals surface area contributed by atoms with Crippen molar-refractivity contribution in [1.29, 1.82) is 5.26 Å². The molecule has 4 heterocycles. The van der Waals surface area contributed by atoms with Crippen LogP contribution in [0.3, 0.4) is 0 Å². The van der Waals surface area contributed by atoms with Crippen molar-refractivity contribution in [1.82, 2.24) is 19.9 Å². The molecule has 3 aromatic carbocycles. The van der Waals surface area contributed by atoms with Gasteiger partial charge in [0.15, 0.2) is 21.7 Å². The molecular weight excluding hydrogens is 647 g/mol. The number of amides is 1. The molecule has 0 bridgehead atoms. The molecule has 3 aromatic heterocycles. The average Bonchev–Trinajstić information content (AvgIpc) is 3.74. The van der Waals surface area contributed by atoms with Crippen LogP contribution in [0.5, 0.6) is 5.75 Å². The minimum absolute atomic E-state index is 0.0456. The first kappa shape index (κ1) is 30.9. The fourth-order valence-electron chi connectivity index (χ4n) is 5.62. The van der Waals surface area contributed by atoms with E-state index in [2.05, 4.69) is 31.3 Å². The number of para-hydroxylation sites is 1. The minimum Gasteiger partial charge on any atom is -0.494 e.